The number of thioether (sulfide) groups is 1. The molecule has 0 aliphatic carbocycles. The highest BCUT2D eigenvalue weighted by Crippen LogP contribution is 2.34. The van der Waals surface area contributed by atoms with Gasteiger partial charge in [0.05, 0.1) is 0 Å². The van der Waals surface area contributed by atoms with E-state index in [0.717, 1.165) is 5.75 Å². The van der Waals surface area contributed by atoms with Crippen molar-refractivity contribution in [1.82, 2.24) is 0 Å². The van der Waals surface area contributed by atoms with Crippen LogP contribution in [0.3, 0.4) is 0 Å². The molecule has 0 spiro atoms. The van der Waals surface area contributed by atoms with Crippen LogP contribution in [0.25, 0.3) is 0 Å². The van der Waals surface area contributed by atoms with Crippen LogP contribution in [-0.2, 0) is 12.0 Å². The molecule has 0 aliphatic rings. The Kier molecular flexibility index (Phi) is 4.77. The third-order valence-corrected chi connectivity index (χ3v) is 3.96. The molecule has 0 heterocycles. The molecular formula is C18H22OS. The third kappa shape index (κ3) is 3.80. The van der Waals surface area contributed by atoms with Crippen LogP contribution in [0, 0.1) is 0 Å². The number of benzene rings is 2. The van der Waals surface area contributed by atoms with Crippen molar-refractivity contribution in [2.45, 2.75) is 37.7 Å². The van der Waals surface area contributed by atoms with Crippen molar-refractivity contribution in [3.8, 4) is 5.75 Å². The van der Waals surface area contributed by atoms with Crippen LogP contribution in [0.1, 0.15) is 31.9 Å². The molecule has 0 saturated carbocycles. The summed E-state index contributed by atoms with van der Waals surface area (Å²) < 4.78 is 6.04. The summed E-state index contributed by atoms with van der Waals surface area (Å²) in [4.78, 5) is 1.28. The summed E-state index contributed by atoms with van der Waals surface area (Å²) in [6.45, 7) is 7.29. The Morgan fingerprint density at radius 1 is 1.00 bits per heavy atom. The van der Waals surface area contributed by atoms with Crippen LogP contribution in [0.5, 0.6) is 5.75 Å². The van der Waals surface area contributed by atoms with E-state index in [0.29, 0.717) is 6.61 Å². The minimum Gasteiger partial charge on any atom is -0.489 e. The zero-order chi connectivity index (χ0) is 14.6. The predicted molar refractivity (Wildman–Crippen MR) is 87.7 cm³/mol. The van der Waals surface area contributed by atoms with Crippen molar-refractivity contribution in [3.63, 3.8) is 0 Å². The molecule has 0 atom stereocenters. The molecule has 2 rings (SSSR count). The molecule has 0 bridgehead atoms. The van der Waals surface area contributed by atoms with E-state index < -0.39 is 0 Å². The summed E-state index contributed by atoms with van der Waals surface area (Å²) in [5, 5.41) is 0. The van der Waals surface area contributed by atoms with Crippen LogP contribution in [-0.4, -0.2) is 6.26 Å². The second kappa shape index (κ2) is 6.36. The highest BCUT2D eigenvalue weighted by Gasteiger charge is 2.19. The summed E-state index contributed by atoms with van der Waals surface area (Å²) in [7, 11) is 0. The first-order valence-electron chi connectivity index (χ1n) is 6.86. The van der Waals surface area contributed by atoms with Gasteiger partial charge in [0.15, 0.2) is 0 Å². The summed E-state index contributed by atoms with van der Waals surface area (Å²) >= 11 is 1.77. The van der Waals surface area contributed by atoms with Gasteiger partial charge in [0.2, 0.25) is 0 Å². The van der Waals surface area contributed by atoms with Crippen LogP contribution in [0.15, 0.2) is 53.4 Å². The minimum absolute atomic E-state index is 0.0811. The molecule has 0 saturated heterocycles. The van der Waals surface area contributed by atoms with E-state index in [2.05, 4.69) is 57.4 Å². The van der Waals surface area contributed by atoms with Gasteiger partial charge in [-0.2, -0.15) is 0 Å². The van der Waals surface area contributed by atoms with Crippen LogP contribution in [0.2, 0.25) is 0 Å². The zero-order valence-corrected chi connectivity index (χ0v) is 13.5. The van der Waals surface area contributed by atoms with E-state index in [1.165, 1.54) is 16.0 Å². The molecule has 0 fully saturated rings. The maximum absolute atomic E-state index is 6.04. The van der Waals surface area contributed by atoms with Crippen LogP contribution in [0.4, 0.5) is 0 Å². The molecule has 2 aromatic rings. The molecule has 2 heteroatoms. The predicted octanol–water partition coefficient (Wildman–Crippen LogP) is 5.29. The highest BCUT2D eigenvalue weighted by molar-refractivity contribution is 7.98. The molecular weight excluding hydrogens is 264 g/mol. The standard InChI is InChI=1S/C18H22OS/c1-18(2,3)16-12-15(20-4)10-11-17(16)19-13-14-8-6-5-7-9-14/h5-12H,13H2,1-4H3. The Morgan fingerprint density at radius 2 is 1.70 bits per heavy atom. The number of hydrogen-bond donors (Lipinski definition) is 0. The number of rotatable bonds is 4. The second-order valence-electron chi connectivity index (χ2n) is 5.89. The largest absolute Gasteiger partial charge is 0.489 e. The molecule has 0 aromatic heterocycles. The van der Waals surface area contributed by atoms with Gasteiger partial charge in [0.25, 0.3) is 0 Å². The maximum Gasteiger partial charge on any atom is 0.123 e. The Bertz CT molecular complexity index is 555. The summed E-state index contributed by atoms with van der Waals surface area (Å²) in [5.74, 6) is 0.985. The van der Waals surface area contributed by atoms with Gasteiger partial charge in [0.1, 0.15) is 12.4 Å². The number of hydrogen-bond acceptors (Lipinski definition) is 2. The lowest BCUT2D eigenvalue weighted by Crippen LogP contribution is -2.13. The fourth-order valence-corrected chi connectivity index (χ4v) is 2.52. The van der Waals surface area contributed by atoms with Gasteiger partial charge >= 0.3 is 0 Å². The van der Waals surface area contributed by atoms with E-state index in [4.69, 9.17) is 4.74 Å². The zero-order valence-electron chi connectivity index (χ0n) is 12.6. The van der Waals surface area contributed by atoms with Gasteiger partial charge in [-0.1, -0.05) is 51.1 Å². The molecule has 0 amide bonds. The van der Waals surface area contributed by atoms with Crippen molar-refractivity contribution in [2.24, 2.45) is 0 Å². The van der Waals surface area contributed by atoms with E-state index in [1.807, 2.05) is 18.2 Å². The number of ether oxygens (including phenoxy) is 1. The molecule has 0 N–H and O–H groups in total. The van der Waals surface area contributed by atoms with E-state index in [9.17, 15) is 0 Å². The van der Waals surface area contributed by atoms with E-state index in [1.54, 1.807) is 11.8 Å². The van der Waals surface area contributed by atoms with Crippen molar-refractivity contribution in [2.75, 3.05) is 6.26 Å². The smallest absolute Gasteiger partial charge is 0.123 e. The molecule has 0 radical (unpaired) electrons. The molecule has 2 aromatic carbocycles. The highest BCUT2D eigenvalue weighted by atomic mass is 32.2. The monoisotopic (exact) mass is 286 g/mol. The average molecular weight is 286 g/mol. The Hall–Kier alpha value is -1.41. The first-order chi connectivity index (χ1) is 9.50. The van der Waals surface area contributed by atoms with Crippen molar-refractivity contribution < 1.29 is 4.74 Å². The second-order valence-corrected chi connectivity index (χ2v) is 6.77. The Labute approximate surface area is 126 Å². The van der Waals surface area contributed by atoms with E-state index >= 15 is 0 Å². The van der Waals surface area contributed by atoms with Gasteiger partial charge in [0, 0.05) is 10.5 Å². The Balaban J connectivity index is 2.23. The fourth-order valence-electron chi connectivity index (χ4n) is 2.08. The van der Waals surface area contributed by atoms with Crippen LogP contribution < -0.4 is 4.74 Å². The molecule has 106 valence electrons. The lowest BCUT2D eigenvalue weighted by molar-refractivity contribution is 0.297. The first-order valence-corrected chi connectivity index (χ1v) is 8.08. The minimum atomic E-state index is 0.0811. The lowest BCUT2D eigenvalue weighted by Gasteiger charge is -2.23. The van der Waals surface area contributed by atoms with Gasteiger partial charge in [-0.25, -0.2) is 0 Å². The summed E-state index contributed by atoms with van der Waals surface area (Å²) in [6.07, 6.45) is 2.10. The van der Waals surface area contributed by atoms with Gasteiger partial charge < -0.3 is 4.74 Å². The lowest BCUT2D eigenvalue weighted by atomic mass is 9.86. The van der Waals surface area contributed by atoms with Crippen molar-refractivity contribution in [3.05, 3.63) is 59.7 Å². The molecule has 1 nitrogen and oxygen atoms in total. The Morgan fingerprint density at radius 3 is 2.30 bits per heavy atom. The molecule has 0 aliphatic heterocycles. The quantitative estimate of drug-likeness (QED) is 0.707. The third-order valence-electron chi connectivity index (χ3n) is 3.23. The molecule has 20 heavy (non-hydrogen) atoms. The fraction of sp³-hybridized carbons (Fsp3) is 0.333. The van der Waals surface area contributed by atoms with Crippen molar-refractivity contribution in [1.29, 1.82) is 0 Å². The topological polar surface area (TPSA) is 9.23 Å². The van der Waals surface area contributed by atoms with Gasteiger partial charge in [-0.15, -0.1) is 11.8 Å². The SMILES string of the molecule is CSc1ccc(OCc2ccccc2)c(C(C)(C)C)c1. The maximum atomic E-state index is 6.04. The summed E-state index contributed by atoms with van der Waals surface area (Å²) in [5.41, 5.74) is 2.54. The normalized spacial score (nSPS) is 11.4. The molecule has 0 unspecified atom stereocenters. The summed E-state index contributed by atoms with van der Waals surface area (Å²) in [6, 6.07) is 16.7. The average Bonchev–Trinajstić information content (AvgIpc) is 2.45. The van der Waals surface area contributed by atoms with E-state index in [-0.39, 0.29) is 5.41 Å². The van der Waals surface area contributed by atoms with Crippen molar-refractivity contribution >= 4 is 11.8 Å². The van der Waals surface area contributed by atoms with Gasteiger partial charge in [-0.3, -0.25) is 0 Å². The van der Waals surface area contributed by atoms with Gasteiger partial charge in [-0.05, 0) is 35.4 Å². The van der Waals surface area contributed by atoms with Crippen LogP contribution >= 0.6 is 11.8 Å². The first kappa shape index (κ1) is 15.0.